The Morgan fingerprint density at radius 2 is 1.65 bits per heavy atom. The molecule has 4 rings (SSSR count). The Morgan fingerprint density at radius 1 is 0.971 bits per heavy atom. The van der Waals surface area contributed by atoms with Gasteiger partial charge in [0, 0.05) is 22.3 Å². The van der Waals surface area contributed by atoms with Crippen LogP contribution in [0.3, 0.4) is 0 Å². The summed E-state index contributed by atoms with van der Waals surface area (Å²) in [7, 11) is 0. The molecule has 1 aliphatic rings. The number of hydrogen-bond acceptors (Lipinski definition) is 5. The lowest BCUT2D eigenvalue weighted by Crippen LogP contribution is -2.44. The summed E-state index contributed by atoms with van der Waals surface area (Å²) in [6.07, 6.45) is 3.30. The van der Waals surface area contributed by atoms with E-state index in [2.05, 4.69) is 27.0 Å². The fraction of sp³-hybridized carbons (Fsp3) is 0.280. The zero-order chi connectivity index (χ0) is 24.2. The number of carboxylic acids is 1. The van der Waals surface area contributed by atoms with Gasteiger partial charge in [-0.15, -0.1) is 11.3 Å². The predicted molar refractivity (Wildman–Crippen MR) is 132 cm³/mol. The van der Waals surface area contributed by atoms with Crippen LogP contribution in [0.15, 0.2) is 47.8 Å². The van der Waals surface area contributed by atoms with Crippen LogP contribution in [-0.4, -0.2) is 34.0 Å². The number of nitrogens with zero attached hydrogens (tertiary/aromatic N) is 1. The van der Waals surface area contributed by atoms with E-state index in [0.29, 0.717) is 10.7 Å². The highest BCUT2D eigenvalue weighted by atomic mass is 32.1. The molecule has 176 valence electrons. The number of amides is 3. The fourth-order valence-corrected chi connectivity index (χ4v) is 4.68. The van der Waals surface area contributed by atoms with Crippen LogP contribution in [0.25, 0.3) is 10.6 Å². The number of carboxylic acid groups (broad SMARTS) is 1. The van der Waals surface area contributed by atoms with Gasteiger partial charge in [0.1, 0.15) is 16.7 Å². The van der Waals surface area contributed by atoms with Crippen molar-refractivity contribution in [2.75, 3.05) is 10.6 Å². The molecule has 1 atom stereocenters. The lowest BCUT2D eigenvalue weighted by molar-refractivity contribution is -0.140. The van der Waals surface area contributed by atoms with Crippen molar-refractivity contribution in [1.29, 1.82) is 0 Å². The van der Waals surface area contributed by atoms with E-state index in [1.165, 1.54) is 22.5 Å². The van der Waals surface area contributed by atoms with Gasteiger partial charge in [-0.25, -0.2) is 14.6 Å². The number of urea groups is 1. The number of fused-ring (bicyclic) bond motifs is 1. The number of carbonyl (C=O) groups excluding carboxylic acids is 2. The first kappa shape index (κ1) is 23.4. The Morgan fingerprint density at radius 3 is 2.35 bits per heavy atom. The quantitative estimate of drug-likeness (QED) is 0.389. The number of aryl methyl sites for hydroxylation is 2. The second kappa shape index (κ2) is 10.0. The Kier molecular flexibility index (Phi) is 6.93. The smallest absolute Gasteiger partial charge is 0.326 e. The van der Waals surface area contributed by atoms with Crippen LogP contribution in [-0.2, 0) is 17.6 Å². The molecule has 0 saturated heterocycles. The molecule has 34 heavy (non-hydrogen) atoms. The van der Waals surface area contributed by atoms with E-state index in [-0.39, 0.29) is 17.6 Å². The molecule has 1 heterocycles. The van der Waals surface area contributed by atoms with E-state index in [1.54, 1.807) is 43.5 Å². The van der Waals surface area contributed by atoms with Crippen LogP contribution in [0.4, 0.5) is 16.2 Å². The molecule has 3 aromatic rings. The molecule has 0 saturated carbocycles. The van der Waals surface area contributed by atoms with Gasteiger partial charge in [-0.05, 0) is 72.7 Å². The van der Waals surface area contributed by atoms with Gasteiger partial charge in [0.05, 0.1) is 0 Å². The first-order valence-corrected chi connectivity index (χ1v) is 12.0. The van der Waals surface area contributed by atoms with Crippen molar-refractivity contribution in [2.45, 2.75) is 39.2 Å². The minimum absolute atomic E-state index is 0.169. The third kappa shape index (κ3) is 5.43. The highest BCUT2D eigenvalue weighted by Crippen LogP contribution is 2.26. The molecule has 0 aliphatic heterocycles. The minimum atomic E-state index is -1.08. The summed E-state index contributed by atoms with van der Waals surface area (Å²) in [6.45, 7) is 3.46. The lowest BCUT2D eigenvalue weighted by Gasteiger charge is -2.16. The molecule has 0 radical (unpaired) electrons. The third-order valence-electron chi connectivity index (χ3n) is 5.70. The van der Waals surface area contributed by atoms with Crippen LogP contribution in [0.5, 0.6) is 0 Å². The lowest BCUT2D eigenvalue weighted by atomic mass is 10.0. The summed E-state index contributed by atoms with van der Waals surface area (Å²) < 4.78 is 0. The number of aliphatic carboxylic acids is 1. The summed E-state index contributed by atoms with van der Waals surface area (Å²) in [4.78, 5) is 40.5. The van der Waals surface area contributed by atoms with E-state index in [4.69, 9.17) is 0 Å². The maximum Gasteiger partial charge on any atom is 0.326 e. The van der Waals surface area contributed by atoms with Gasteiger partial charge in [-0.2, -0.15) is 0 Å². The molecule has 9 heteroatoms. The summed E-state index contributed by atoms with van der Waals surface area (Å²) in [5.74, 6) is -1.85. The van der Waals surface area contributed by atoms with Gasteiger partial charge in [0.2, 0.25) is 0 Å². The number of hydrogen-bond donors (Lipinski definition) is 4. The zero-order valence-corrected chi connectivity index (χ0v) is 19.7. The molecular weight excluding hydrogens is 452 g/mol. The van der Waals surface area contributed by atoms with Crippen LogP contribution in [0.2, 0.25) is 0 Å². The van der Waals surface area contributed by atoms with Crippen molar-refractivity contribution in [1.82, 2.24) is 10.3 Å². The Hall–Kier alpha value is -3.72. The summed E-state index contributed by atoms with van der Waals surface area (Å²) in [5, 5.41) is 19.7. The van der Waals surface area contributed by atoms with E-state index in [1.807, 2.05) is 12.1 Å². The second-order valence-corrected chi connectivity index (χ2v) is 9.42. The number of anilines is 2. The average molecular weight is 479 g/mol. The predicted octanol–water partition coefficient (Wildman–Crippen LogP) is 4.78. The highest BCUT2D eigenvalue weighted by Gasteiger charge is 2.25. The van der Waals surface area contributed by atoms with Crippen molar-refractivity contribution in [3.8, 4) is 10.6 Å². The van der Waals surface area contributed by atoms with Crippen LogP contribution in [0.1, 0.15) is 41.9 Å². The molecule has 1 aliphatic carbocycles. The normalized spacial score (nSPS) is 13.3. The number of benzene rings is 2. The van der Waals surface area contributed by atoms with Gasteiger partial charge >= 0.3 is 12.0 Å². The van der Waals surface area contributed by atoms with Crippen LogP contribution in [0, 0.1) is 5.92 Å². The molecule has 2 aromatic carbocycles. The maximum atomic E-state index is 12.4. The molecule has 8 nitrogen and oxygen atoms in total. The molecule has 0 fully saturated rings. The molecule has 4 N–H and O–H groups in total. The van der Waals surface area contributed by atoms with Gasteiger partial charge in [0.15, 0.2) is 0 Å². The Labute approximate surface area is 201 Å². The molecule has 3 amide bonds. The second-order valence-electron chi connectivity index (χ2n) is 8.56. The van der Waals surface area contributed by atoms with Crippen molar-refractivity contribution in [3.63, 3.8) is 0 Å². The summed E-state index contributed by atoms with van der Waals surface area (Å²) in [5.41, 5.74) is 4.99. The topological polar surface area (TPSA) is 120 Å². The van der Waals surface area contributed by atoms with Crippen molar-refractivity contribution < 1.29 is 19.5 Å². The van der Waals surface area contributed by atoms with E-state index in [9.17, 15) is 19.5 Å². The van der Waals surface area contributed by atoms with Gasteiger partial charge in [0.25, 0.3) is 5.91 Å². The fourth-order valence-electron chi connectivity index (χ4n) is 3.88. The van der Waals surface area contributed by atoms with E-state index < -0.39 is 17.9 Å². The SMILES string of the molecule is CC(C)C(NC(=O)c1csc(-c2ccc(NC(=O)Nc3ccc4c(c3)CCC4)cc2)n1)C(=O)O. The van der Waals surface area contributed by atoms with Gasteiger partial charge in [-0.3, -0.25) is 4.79 Å². The number of rotatable bonds is 7. The third-order valence-corrected chi connectivity index (χ3v) is 6.59. The summed E-state index contributed by atoms with van der Waals surface area (Å²) >= 11 is 1.29. The zero-order valence-electron chi connectivity index (χ0n) is 18.9. The van der Waals surface area contributed by atoms with Crippen molar-refractivity contribution >= 4 is 40.6 Å². The maximum absolute atomic E-state index is 12.4. The van der Waals surface area contributed by atoms with Crippen LogP contribution >= 0.6 is 11.3 Å². The monoisotopic (exact) mass is 478 g/mol. The van der Waals surface area contributed by atoms with Crippen molar-refractivity contribution in [3.05, 3.63) is 64.7 Å². The average Bonchev–Trinajstić information content (AvgIpc) is 3.47. The summed E-state index contributed by atoms with van der Waals surface area (Å²) in [6, 6.07) is 11.8. The minimum Gasteiger partial charge on any atom is -0.480 e. The Balaban J connectivity index is 1.36. The molecule has 0 bridgehead atoms. The molecule has 0 spiro atoms. The van der Waals surface area contributed by atoms with E-state index >= 15 is 0 Å². The van der Waals surface area contributed by atoms with Crippen molar-refractivity contribution in [2.24, 2.45) is 5.92 Å². The first-order chi connectivity index (χ1) is 16.3. The Bertz CT molecular complexity index is 1220. The van der Waals surface area contributed by atoms with E-state index in [0.717, 1.165) is 30.5 Å². The largest absolute Gasteiger partial charge is 0.480 e. The molecule has 1 unspecified atom stereocenters. The van der Waals surface area contributed by atoms with Gasteiger partial charge in [-0.1, -0.05) is 19.9 Å². The molecule has 1 aromatic heterocycles. The molecular formula is C25H26N4O4S. The van der Waals surface area contributed by atoms with Gasteiger partial charge < -0.3 is 21.1 Å². The number of nitrogens with one attached hydrogen (secondary N) is 3. The number of carbonyl (C=O) groups is 3. The highest BCUT2D eigenvalue weighted by molar-refractivity contribution is 7.13. The van der Waals surface area contributed by atoms with Crippen LogP contribution < -0.4 is 16.0 Å². The standard InChI is InChI=1S/C25H26N4O4S/c1-14(2)21(24(31)32)29-22(30)20-13-34-23(28-20)16-7-9-18(10-8-16)26-25(33)27-19-11-6-15-4-3-5-17(15)12-19/h6-14,21H,3-5H2,1-2H3,(H,29,30)(H,31,32)(H2,26,27,33). The number of thiazole rings is 1. The number of aromatic nitrogens is 1. The first-order valence-electron chi connectivity index (χ1n) is 11.1.